The maximum Gasteiger partial charge on any atom is 0.0753 e. The monoisotopic (exact) mass is 214 g/mol. The number of hydrogen-bond donors (Lipinski definition) is 1. The van der Waals surface area contributed by atoms with E-state index in [0.717, 1.165) is 5.69 Å². The zero-order chi connectivity index (χ0) is 10.3. The van der Waals surface area contributed by atoms with E-state index in [4.69, 9.17) is 0 Å². The van der Waals surface area contributed by atoms with Crippen LogP contribution in [0.25, 0.3) is 20.7 Å². The molecule has 0 atom stereocenters. The second kappa shape index (κ2) is 3.21. The SMILES string of the molecule is Cc1c(-c2ccn[nH]2)sc2ccccc12. The first-order valence-electron chi connectivity index (χ1n) is 4.84. The Hall–Kier alpha value is -1.61. The number of aromatic amines is 1. The zero-order valence-electron chi connectivity index (χ0n) is 8.32. The molecular weight excluding hydrogens is 204 g/mol. The Morgan fingerprint density at radius 1 is 1.20 bits per heavy atom. The van der Waals surface area contributed by atoms with Gasteiger partial charge in [-0.05, 0) is 30.0 Å². The summed E-state index contributed by atoms with van der Waals surface area (Å²) in [5.74, 6) is 0. The number of hydrogen-bond acceptors (Lipinski definition) is 2. The lowest BCUT2D eigenvalue weighted by atomic mass is 10.1. The second-order valence-electron chi connectivity index (χ2n) is 3.52. The van der Waals surface area contributed by atoms with Gasteiger partial charge in [0.1, 0.15) is 0 Å². The van der Waals surface area contributed by atoms with Crippen molar-refractivity contribution < 1.29 is 0 Å². The topological polar surface area (TPSA) is 28.7 Å². The minimum absolute atomic E-state index is 1.11. The normalized spacial score (nSPS) is 11.0. The predicted octanol–water partition coefficient (Wildman–Crippen LogP) is 3.60. The van der Waals surface area contributed by atoms with E-state index in [1.807, 2.05) is 17.4 Å². The minimum Gasteiger partial charge on any atom is -0.277 e. The maximum absolute atomic E-state index is 3.99. The van der Waals surface area contributed by atoms with Crippen molar-refractivity contribution in [3.63, 3.8) is 0 Å². The van der Waals surface area contributed by atoms with Crippen LogP contribution < -0.4 is 0 Å². The molecule has 1 N–H and O–H groups in total. The number of rotatable bonds is 1. The van der Waals surface area contributed by atoms with Crippen molar-refractivity contribution in [2.24, 2.45) is 0 Å². The lowest BCUT2D eigenvalue weighted by Crippen LogP contribution is -1.76. The summed E-state index contributed by atoms with van der Waals surface area (Å²) in [4.78, 5) is 1.29. The summed E-state index contributed by atoms with van der Waals surface area (Å²) >= 11 is 1.81. The standard InChI is InChI=1S/C12H10N2S/c1-8-9-4-2-3-5-11(9)15-12(8)10-6-7-13-14-10/h2-7H,1H3,(H,13,14). The van der Waals surface area contributed by atoms with Gasteiger partial charge < -0.3 is 0 Å². The van der Waals surface area contributed by atoms with Gasteiger partial charge in [0.15, 0.2) is 0 Å². The fraction of sp³-hybridized carbons (Fsp3) is 0.0833. The molecule has 3 aromatic rings. The fourth-order valence-electron chi connectivity index (χ4n) is 1.81. The van der Waals surface area contributed by atoms with Gasteiger partial charge in [0.05, 0.1) is 10.6 Å². The van der Waals surface area contributed by atoms with E-state index in [-0.39, 0.29) is 0 Å². The van der Waals surface area contributed by atoms with Gasteiger partial charge in [0, 0.05) is 10.9 Å². The molecule has 0 radical (unpaired) electrons. The molecule has 74 valence electrons. The first-order chi connectivity index (χ1) is 7.36. The molecule has 0 saturated carbocycles. The van der Waals surface area contributed by atoms with Crippen LogP contribution in [-0.2, 0) is 0 Å². The van der Waals surface area contributed by atoms with Crippen LogP contribution >= 0.6 is 11.3 Å². The molecule has 3 rings (SSSR count). The Bertz CT molecular complexity index is 593. The summed E-state index contributed by atoms with van der Waals surface area (Å²) in [5.41, 5.74) is 2.44. The number of aryl methyl sites for hydroxylation is 1. The quantitative estimate of drug-likeness (QED) is 0.658. The van der Waals surface area contributed by atoms with Gasteiger partial charge in [-0.1, -0.05) is 18.2 Å². The summed E-state index contributed by atoms with van der Waals surface area (Å²) in [5, 5.41) is 8.35. The summed E-state index contributed by atoms with van der Waals surface area (Å²) < 4.78 is 1.33. The highest BCUT2D eigenvalue weighted by Gasteiger charge is 2.09. The van der Waals surface area contributed by atoms with Crippen LogP contribution in [0.3, 0.4) is 0 Å². The van der Waals surface area contributed by atoms with Crippen molar-refractivity contribution in [3.05, 3.63) is 42.1 Å². The van der Waals surface area contributed by atoms with Crippen LogP contribution in [0.4, 0.5) is 0 Å². The van der Waals surface area contributed by atoms with Crippen LogP contribution in [0.15, 0.2) is 36.5 Å². The number of nitrogens with one attached hydrogen (secondary N) is 1. The van der Waals surface area contributed by atoms with Crippen molar-refractivity contribution in [3.8, 4) is 10.6 Å². The summed E-state index contributed by atoms with van der Waals surface area (Å²) in [6, 6.07) is 10.5. The molecule has 0 saturated heterocycles. The number of H-pyrrole nitrogens is 1. The molecule has 0 fully saturated rings. The van der Waals surface area contributed by atoms with Gasteiger partial charge in [-0.2, -0.15) is 5.10 Å². The lowest BCUT2D eigenvalue weighted by Gasteiger charge is -1.93. The highest BCUT2D eigenvalue weighted by molar-refractivity contribution is 7.22. The number of aromatic nitrogens is 2. The summed E-state index contributed by atoms with van der Waals surface area (Å²) in [6.45, 7) is 2.16. The van der Waals surface area contributed by atoms with Crippen molar-refractivity contribution in [2.75, 3.05) is 0 Å². The molecular formula is C12H10N2S. The Morgan fingerprint density at radius 3 is 2.80 bits per heavy atom. The Kier molecular flexibility index (Phi) is 1.86. The smallest absolute Gasteiger partial charge is 0.0753 e. The third kappa shape index (κ3) is 1.27. The molecule has 0 bridgehead atoms. The van der Waals surface area contributed by atoms with Gasteiger partial charge in [-0.25, -0.2) is 0 Å². The third-order valence-corrected chi connectivity index (χ3v) is 3.90. The Labute approximate surface area is 91.6 Å². The van der Waals surface area contributed by atoms with Gasteiger partial charge in [0.25, 0.3) is 0 Å². The van der Waals surface area contributed by atoms with Crippen molar-refractivity contribution >= 4 is 21.4 Å². The molecule has 15 heavy (non-hydrogen) atoms. The molecule has 3 heteroatoms. The van der Waals surface area contributed by atoms with Crippen LogP contribution in [0.5, 0.6) is 0 Å². The molecule has 0 aliphatic carbocycles. The van der Waals surface area contributed by atoms with Gasteiger partial charge in [0.2, 0.25) is 0 Å². The minimum atomic E-state index is 1.11. The van der Waals surface area contributed by atoms with E-state index in [0.29, 0.717) is 0 Å². The molecule has 1 aromatic carbocycles. The van der Waals surface area contributed by atoms with Gasteiger partial charge >= 0.3 is 0 Å². The van der Waals surface area contributed by atoms with E-state index < -0.39 is 0 Å². The number of nitrogens with zero attached hydrogens (tertiary/aromatic N) is 1. The molecule has 2 nitrogen and oxygen atoms in total. The fourth-order valence-corrected chi connectivity index (χ4v) is 3.00. The summed E-state index contributed by atoms with van der Waals surface area (Å²) in [7, 11) is 0. The van der Waals surface area contributed by atoms with E-state index >= 15 is 0 Å². The van der Waals surface area contributed by atoms with Crippen molar-refractivity contribution in [2.45, 2.75) is 6.92 Å². The molecule has 0 amide bonds. The molecule has 2 aromatic heterocycles. The zero-order valence-corrected chi connectivity index (χ0v) is 9.14. The Morgan fingerprint density at radius 2 is 2.07 bits per heavy atom. The van der Waals surface area contributed by atoms with Crippen LogP contribution in [-0.4, -0.2) is 10.2 Å². The Balaban J connectivity index is 2.33. The molecule has 2 heterocycles. The third-order valence-electron chi connectivity index (χ3n) is 2.59. The predicted molar refractivity (Wildman–Crippen MR) is 64.1 cm³/mol. The summed E-state index contributed by atoms with van der Waals surface area (Å²) in [6.07, 6.45) is 1.79. The largest absolute Gasteiger partial charge is 0.277 e. The van der Waals surface area contributed by atoms with Crippen molar-refractivity contribution in [1.29, 1.82) is 0 Å². The average Bonchev–Trinajstić information content (AvgIpc) is 2.87. The van der Waals surface area contributed by atoms with Crippen LogP contribution in [0.2, 0.25) is 0 Å². The highest BCUT2D eigenvalue weighted by atomic mass is 32.1. The van der Waals surface area contributed by atoms with E-state index in [1.54, 1.807) is 6.20 Å². The average molecular weight is 214 g/mol. The molecule has 0 aliphatic heterocycles. The van der Waals surface area contributed by atoms with Gasteiger partial charge in [-0.3, -0.25) is 5.10 Å². The van der Waals surface area contributed by atoms with E-state index in [1.165, 1.54) is 20.5 Å². The number of thiophene rings is 1. The van der Waals surface area contributed by atoms with Gasteiger partial charge in [-0.15, -0.1) is 11.3 Å². The molecule has 0 unspecified atom stereocenters. The first-order valence-corrected chi connectivity index (χ1v) is 5.66. The van der Waals surface area contributed by atoms with E-state index in [9.17, 15) is 0 Å². The lowest BCUT2D eigenvalue weighted by molar-refractivity contribution is 1.10. The van der Waals surface area contributed by atoms with Crippen LogP contribution in [0.1, 0.15) is 5.56 Å². The first kappa shape index (κ1) is 8.68. The maximum atomic E-state index is 3.99. The van der Waals surface area contributed by atoms with E-state index in [2.05, 4.69) is 41.4 Å². The number of benzene rings is 1. The van der Waals surface area contributed by atoms with Crippen molar-refractivity contribution in [1.82, 2.24) is 10.2 Å². The van der Waals surface area contributed by atoms with Crippen LogP contribution in [0, 0.1) is 6.92 Å². The molecule has 0 aliphatic rings. The second-order valence-corrected chi connectivity index (χ2v) is 4.57. The highest BCUT2D eigenvalue weighted by Crippen LogP contribution is 2.36. The number of fused-ring (bicyclic) bond motifs is 1. The molecule has 0 spiro atoms.